The van der Waals surface area contributed by atoms with Gasteiger partial charge in [-0.15, -0.1) is 0 Å². The van der Waals surface area contributed by atoms with Crippen molar-refractivity contribution in [2.24, 2.45) is 0 Å². The molecule has 0 radical (unpaired) electrons. The molecule has 28 heavy (non-hydrogen) atoms. The van der Waals surface area contributed by atoms with Crippen LogP contribution in [0.25, 0.3) is 0 Å². The number of H-pyrrole nitrogens is 1. The molecule has 1 aromatic carbocycles. The molecule has 2 aromatic rings. The Bertz CT molecular complexity index is 967. The van der Waals surface area contributed by atoms with Gasteiger partial charge in [0.05, 0.1) is 17.1 Å². The van der Waals surface area contributed by atoms with Crippen LogP contribution in [0.2, 0.25) is 0 Å². The summed E-state index contributed by atoms with van der Waals surface area (Å²) in [5.41, 5.74) is 2.02. The van der Waals surface area contributed by atoms with Gasteiger partial charge >= 0.3 is 5.97 Å². The van der Waals surface area contributed by atoms with Crippen LogP contribution in [0.1, 0.15) is 37.3 Å². The van der Waals surface area contributed by atoms with Gasteiger partial charge in [0, 0.05) is 11.4 Å². The van der Waals surface area contributed by atoms with E-state index in [2.05, 4.69) is 28.8 Å². The molecule has 0 saturated carbocycles. The Labute approximate surface area is 168 Å². The molecular formula is C21H23N3O3S. The number of nitrogens with zero attached hydrogens (tertiary/aromatic N) is 1. The van der Waals surface area contributed by atoms with Crippen LogP contribution in [0, 0.1) is 0 Å². The van der Waals surface area contributed by atoms with Crippen LogP contribution in [0.4, 0.5) is 5.82 Å². The molecule has 1 atom stereocenters. The van der Waals surface area contributed by atoms with Crippen LogP contribution >= 0.6 is 11.8 Å². The highest BCUT2D eigenvalue weighted by molar-refractivity contribution is 7.99. The maximum Gasteiger partial charge on any atom is 0.337 e. The molecule has 1 aromatic heterocycles. The first-order valence-corrected chi connectivity index (χ1v) is 10.1. The minimum Gasteiger partial charge on any atom is -0.458 e. The number of allylic oxidation sites excluding steroid dienone is 1. The molecule has 0 unspecified atom stereocenters. The molecule has 2 N–H and O–H groups in total. The lowest BCUT2D eigenvalue weighted by atomic mass is 9.82. The Morgan fingerprint density at radius 2 is 2.11 bits per heavy atom. The quantitative estimate of drug-likeness (QED) is 0.320. The second kappa shape index (κ2) is 8.93. The van der Waals surface area contributed by atoms with Crippen molar-refractivity contribution in [2.75, 3.05) is 17.7 Å². The van der Waals surface area contributed by atoms with Gasteiger partial charge in [-0.05, 0) is 18.9 Å². The lowest BCUT2D eigenvalue weighted by molar-refractivity contribution is -0.138. The van der Waals surface area contributed by atoms with Gasteiger partial charge in [-0.3, -0.25) is 4.79 Å². The van der Waals surface area contributed by atoms with Gasteiger partial charge in [-0.25, -0.2) is 9.78 Å². The number of fused-ring (bicyclic) bond motifs is 1. The maximum absolute atomic E-state index is 13.0. The second-order valence-electron chi connectivity index (χ2n) is 6.38. The van der Waals surface area contributed by atoms with Gasteiger partial charge in [0.15, 0.2) is 5.16 Å². The average Bonchev–Trinajstić information content (AvgIpc) is 2.70. The minimum atomic E-state index is -0.559. The molecule has 6 nitrogen and oxygen atoms in total. The van der Waals surface area contributed by atoms with E-state index in [-0.39, 0.29) is 12.2 Å². The Morgan fingerprint density at radius 1 is 1.36 bits per heavy atom. The van der Waals surface area contributed by atoms with Gasteiger partial charge in [0.1, 0.15) is 12.4 Å². The first-order valence-electron chi connectivity index (χ1n) is 9.14. The number of rotatable bonds is 7. The SMILES string of the molecule is C=CCOC(=O)C1=C(C)Nc2nc(SCCC)[nH]c(=O)c2[C@H]1c1ccccc1. The van der Waals surface area contributed by atoms with Crippen LogP contribution in [-0.2, 0) is 9.53 Å². The molecule has 2 heterocycles. The maximum atomic E-state index is 13.0. The number of carbonyl (C=O) groups excluding carboxylic acids is 1. The fourth-order valence-corrected chi connectivity index (χ4v) is 3.88. The molecule has 7 heteroatoms. The molecule has 1 aliphatic heterocycles. The second-order valence-corrected chi connectivity index (χ2v) is 7.46. The van der Waals surface area contributed by atoms with Crippen molar-refractivity contribution in [3.63, 3.8) is 0 Å². The lowest BCUT2D eigenvalue weighted by Gasteiger charge is -2.28. The van der Waals surface area contributed by atoms with Crippen LogP contribution in [0.15, 0.2) is 64.2 Å². The number of aromatic amines is 1. The predicted molar refractivity (Wildman–Crippen MR) is 112 cm³/mol. The van der Waals surface area contributed by atoms with Crippen molar-refractivity contribution in [3.05, 3.63) is 75.7 Å². The van der Waals surface area contributed by atoms with E-state index < -0.39 is 11.9 Å². The van der Waals surface area contributed by atoms with E-state index in [0.717, 1.165) is 17.7 Å². The Morgan fingerprint density at radius 3 is 2.79 bits per heavy atom. The summed E-state index contributed by atoms with van der Waals surface area (Å²) >= 11 is 1.50. The number of hydrogen-bond acceptors (Lipinski definition) is 6. The molecule has 0 aliphatic carbocycles. The molecule has 3 rings (SSSR count). The summed E-state index contributed by atoms with van der Waals surface area (Å²) in [6.07, 6.45) is 2.49. The minimum absolute atomic E-state index is 0.102. The molecular weight excluding hydrogens is 374 g/mol. The van der Waals surface area contributed by atoms with Crippen LogP contribution < -0.4 is 10.9 Å². The monoisotopic (exact) mass is 397 g/mol. The van der Waals surface area contributed by atoms with Crippen LogP contribution in [0.5, 0.6) is 0 Å². The zero-order chi connectivity index (χ0) is 20.1. The summed E-state index contributed by atoms with van der Waals surface area (Å²) in [5, 5.41) is 3.70. The first kappa shape index (κ1) is 19.9. The summed E-state index contributed by atoms with van der Waals surface area (Å²) in [6.45, 7) is 7.55. The van der Waals surface area contributed by atoms with Gasteiger partial charge in [-0.1, -0.05) is 61.7 Å². The van der Waals surface area contributed by atoms with Crippen molar-refractivity contribution in [2.45, 2.75) is 31.3 Å². The molecule has 0 saturated heterocycles. The van der Waals surface area contributed by atoms with Crippen LogP contribution in [-0.4, -0.2) is 28.3 Å². The van der Waals surface area contributed by atoms with Gasteiger partial charge in [0.25, 0.3) is 5.56 Å². The number of anilines is 1. The Kier molecular flexibility index (Phi) is 6.36. The number of ether oxygens (including phenoxy) is 1. The lowest BCUT2D eigenvalue weighted by Crippen LogP contribution is -2.31. The largest absolute Gasteiger partial charge is 0.458 e. The normalized spacial score (nSPS) is 15.6. The van der Waals surface area contributed by atoms with Gasteiger partial charge in [-0.2, -0.15) is 0 Å². The van der Waals surface area contributed by atoms with Gasteiger partial charge < -0.3 is 15.0 Å². The first-order chi connectivity index (χ1) is 13.6. The van der Waals surface area contributed by atoms with Crippen molar-refractivity contribution >= 4 is 23.5 Å². The van der Waals surface area contributed by atoms with E-state index in [1.54, 1.807) is 6.92 Å². The molecule has 1 aliphatic rings. The summed E-state index contributed by atoms with van der Waals surface area (Å²) in [6, 6.07) is 9.45. The van der Waals surface area contributed by atoms with Crippen molar-refractivity contribution in [1.82, 2.24) is 9.97 Å². The summed E-state index contributed by atoms with van der Waals surface area (Å²) in [4.78, 5) is 33.2. The molecule has 0 bridgehead atoms. The van der Waals surface area contributed by atoms with Crippen molar-refractivity contribution < 1.29 is 9.53 Å². The highest BCUT2D eigenvalue weighted by Gasteiger charge is 2.36. The Balaban J connectivity index is 2.14. The van der Waals surface area contributed by atoms with E-state index in [1.165, 1.54) is 17.8 Å². The third-order valence-electron chi connectivity index (χ3n) is 4.35. The van der Waals surface area contributed by atoms with E-state index in [4.69, 9.17) is 4.74 Å². The number of thioether (sulfide) groups is 1. The number of carbonyl (C=O) groups is 1. The van der Waals surface area contributed by atoms with Crippen molar-refractivity contribution in [3.8, 4) is 0 Å². The number of esters is 1. The summed E-state index contributed by atoms with van der Waals surface area (Å²) in [7, 11) is 0. The topological polar surface area (TPSA) is 84.1 Å². The standard InChI is InChI=1S/C21H23N3O3S/c1-4-11-27-20(26)15-13(3)22-18-17(16(15)14-9-7-6-8-10-14)19(25)24-21(23-18)28-12-5-2/h4,6-10,16H,1,5,11-12H2,2-3H3,(H2,22,23,24,25)/t16-/m0/s1. The average molecular weight is 398 g/mol. The van der Waals surface area contributed by atoms with E-state index in [1.807, 2.05) is 30.3 Å². The predicted octanol–water partition coefficient (Wildman–Crippen LogP) is 3.83. The third-order valence-corrected chi connectivity index (χ3v) is 5.43. The number of nitrogens with one attached hydrogen (secondary N) is 2. The van der Waals surface area contributed by atoms with Crippen LogP contribution in [0.3, 0.4) is 0 Å². The smallest absolute Gasteiger partial charge is 0.337 e. The third kappa shape index (κ3) is 4.04. The summed E-state index contributed by atoms with van der Waals surface area (Å²) < 4.78 is 5.29. The van der Waals surface area contributed by atoms with E-state index in [0.29, 0.717) is 27.8 Å². The fourth-order valence-electron chi connectivity index (χ4n) is 3.16. The zero-order valence-corrected chi connectivity index (χ0v) is 16.8. The zero-order valence-electron chi connectivity index (χ0n) is 16.0. The fraction of sp³-hybridized carbons (Fsp3) is 0.286. The number of benzene rings is 1. The van der Waals surface area contributed by atoms with Gasteiger partial charge in [0.2, 0.25) is 0 Å². The Hall–Kier alpha value is -2.80. The number of hydrogen-bond donors (Lipinski definition) is 2. The molecule has 0 spiro atoms. The molecule has 146 valence electrons. The highest BCUT2D eigenvalue weighted by atomic mass is 32.2. The molecule has 0 amide bonds. The highest BCUT2D eigenvalue weighted by Crippen LogP contribution is 2.39. The van der Waals surface area contributed by atoms with E-state index >= 15 is 0 Å². The molecule has 0 fully saturated rings. The number of aromatic nitrogens is 2. The van der Waals surface area contributed by atoms with E-state index in [9.17, 15) is 9.59 Å². The summed E-state index contributed by atoms with van der Waals surface area (Å²) in [5.74, 6) is 0.302. The van der Waals surface area contributed by atoms with Crippen molar-refractivity contribution in [1.29, 1.82) is 0 Å².